The number of benzene rings is 1. The summed E-state index contributed by atoms with van der Waals surface area (Å²) in [6.45, 7) is 4.39. The van der Waals surface area contributed by atoms with E-state index in [2.05, 4.69) is 53.5 Å². The van der Waals surface area contributed by atoms with Gasteiger partial charge in [-0.1, -0.05) is 51.0 Å². The van der Waals surface area contributed by atoms with Crippen molar-refractivity contribution in [2.45, 2.75) is 51.5 Å². The highest BCUT2D eigenvalue weighted by atomic mass is 15.3. The van der Waals surface area contributed by atoms with Gasteiger partial charge in [0.1, 0.15) is 5.82 Å². The number of nitrogen functional groups attached to an aromatic ring is 1. The van der Waals surface area contributed by atoms with E-state index in [1.165, 1.54) is 31.2 Å². The molecule has 1 aliphatic carbocycles. The van der Waals surface area contributed by atoms with Gasteiger partial charge in [0, 0.05) is 18.7 Å². The van der Waals surface area contributed by atoms with Gasteiger partial charge in [-0.25, -0.2) is 4.98 Å². The zero-order valence-corrected chi connectivity index (χ0v) is 15.7. The van der Waals surface area contributed by atoms with Crippen LogP contribution in [-0.2, 0) is 7.05 Å². The second-order valence-electron chi connectivity index (χ2n) is 7.51. The number of nitrogens with zero attached hydrogens (tertiary/aromatic N) is 4. The molecule has 3 N–H and O–H groups in total. The molecule has 0 saturated heterocycles. The van der Waals surface area contributed by atoms with Crippen LogP contribution in [0.3, 0.4) is 0 Å². The minimum Gasteiger partial charge on any atom is -0.383 e. The highest BCUT2D eigenvalue weighted by Crippen LogP contribution is 2.32. The summed E-state index contributed by atoms with van der Waals surface area (Å²) in [6.07, 6.45) is 4.87. The van der Waals surface area contributed by atoms with E-state index in [1.807, 2.05) is 7.05 Å². The molecular weight excluding hydrogens is 324 g/mol. The molecule has 6 heteroatoms. The molecule has 0 bridgehead atoms. The van der Waals surface area contributed by atoms with Crippen LogP contribution in [0.15, 0.2) is 24.3 Å². The first-order valence-electron chi connectivity index (χ1n) is 9.40. The number of aromatic nitrogens is 4. The summed E-state index contributed by atoms with van der Waals surface area (Å²) < 4.78 is 1.67. The van der Waals surface area contributed by atoms with Crippen LogP contribution in [-0.4, -0.2) is 25.8 Å². The Labute approximate surface area is 153 Å². The lowest BCUT2D eigenvalue weighted by Crippen LogP contribution is -2.17. The van der Waals surface area contributed by atoms with Crippen LogP contribution in [0.4, 0.5) is 11.8 Å². The molecule has 136 valence electrons. The summed E-state index contributed by atoms with van der Waals surface area (Å²) in [4.78, 5) is 9.45. The number of hydrogen-bond donors (Lipinski definition) is 2. The van der Waals surface area contributed by atoms with E-state index >= 15 is 0 Å². The number of nitrogens with two attached hydrogens (primary N) is 1. The fourth-order valence-electron chi connectivity index (χ4n) is 3.67. The van der Waals surface area contributed by atoms with Gasteiger partial charge in [-0.2, -0.15) is 10.1 Å². The van der Waals surface area contributed by atoms with E-state index in [0.29, 0.717) is 29.4 Å². The van der Waals surface area contributed by atoms with Gasteiger partial charge in [0.15, 0.2) is 5.65 Å². The molecule has 26 heavy (non-hydrogen) atoms. The molecule has 4 rings (SSSR count). The number of aryl methyl sites for hydroxylation is 1. The minimum absolute atomic E-state index is 0.449. The van der Waals surface area contributed by atoms with E-state index < -0.39 is 0 Å². The Bertz CT molecular complexity index is 920. The normalized spacial score (nSPS) is 15.2. The third-order valence-corrected chi connectivity index (χ3v) is 5.28. The number of anilines is 2. The van der Waals surface area contributed by atoms with Crippen LogP contribution in [0, 0.1) is 0 Å². The maximum absolute atomic E-state index is 6.27. The smallest absolute Gasteiger partial charge is 0.225 e. The first-order chi connectivity index (χ1) is 12.5. The molecule has 0 radical (unpaired) electrons. The average molecular weight is 350 g/mol. The Kier molecular flexibility index (Phi) is 4.26. The third kappa shape index (κ3) is 3.00. The summed E-state index contributed by atoms with van der Waals surface area (Å²) in [7, 11) is 1.84. The molecule has 1 aliphatic rings. The summed E-state index contributed by atoms with van der Waals surface area (Å²) >= 11 is 0. The average Bonchev–Trinajstić information content (AvgIpc) is 3.23. The zero-order valence-electron chi connectivity index (χ0n) is 15.7. The van der Waals surface area contributed by atoms with Crippen molar-refractivity contribution in [3.05, 3.63) is 29.8 Å². The summed E-state index contributed by atoms with van der Waals surface area (Å²) in [5.41, 5.74) is 10.1. The van der Waals surface area contributed by atoms with Crippen LogP contribution in [0.1, 0.15) is 51.0 Å². The molecular formula is C20H26N6. The SMILES string of the molecule is CC(C)c1ccc(-c2nc(NC3CCCC3)nc3nn(C)c(N)c23)cc1. The van der Waals surface area contributed by atoms with E-state index in [9.17, 15) is 0 Å². The Morgan fingerprint density at radius 3 is 2.46 bits per heavy atom. The number of fused-ring (bicyclic) bond motifs is 1. The zero-order chi connectivity index (χ0) is 18.3. The topological polar surface area (TPSA) is 81.7 Å². The summed E-state index contributed by atoms with van der Waals surface area (Å²) in [5.74, 6) is 1.73. The highest BCUT2D eigenvalue weighted by Gasteiger charge is 2.20. The first kappa shape index (κ1) is 16.8. The van der Waals surface area contributed by atoms with Crippen molar-refractivity contribution < 1.29 is 0 Å². The maximum atomic E-state index is 6.27. The number of nitrogens with one attached hydrogen (secondary N) is 1. The van der Waals surface area contributed by atoms with Crippen molar-refractivity contribution in [1.82, 2.24) is 19.7 Å². The fourth-order valence-corrected chi connectivity index (χ4v) is 3.67. The number of hydrogen-bond acceptors (Lipinski definition) is 5. The molecule has 6 nitrogen and oxygen atoms in total. The van der Waals surface area contributed by atoms with Crippen molar-refractivity contribution in [1.29, 1.82) is 0 Å². The predicted molar refractivity (Wildman–Crippen MR) is 106 cm³/mol. The minimum atomic E-state index is 0.449. The van der Waals surface area contributed by atoms with Crippen molar-refractivity contribution in [3.63, 3.8) is 0 Å². The highest BCUT2D eigenvalue weighted by molar-refractivity contribution is 5.98. The quantitative estimate of drug-likeness (QED) is 0.740. The Morgan fingerprint density at radius 2 is 1.81 bits per heavy atom. The molecule has 0 aliphatic heterocycles. The summed E-state index contributed by atoms with van der Waals surface area (Å²) in [5, 5.41) is 8.79. The van der Waals surface area contributed by atoms with E-state index in [-0.39, 0.29) is 0 Å². The molecule has 2 heterocycles. The fraction of sp³-hybridized carbons (Fsp3) is 0.450. The molecule has 0 spiro atoms. The molecule has 2 aromatic heterocycles. The van der Waals surface area contributed by atoms with Gasteiger partial charge in [-0.15, -0.1) is 0 Å². The van der Waals surface area contributed by atoms with Gasteiger partial charge in [0.05, 0.1) is 11.1 Å². The second-order valence-corrected chi connectivity index (χ2v) is 7.51. The lowest BCUT2D eigenvalue weighted by Gasteiger charge is -2.13. The van der Waals surface area contributed by atoms with E-state index in [4.69, 9.17) is 10.7 Å². The first-order valence-corrected chi connectivity index (χ1v) is 9.40. The molecule has 0 atom stereocenters. The van der Waals surface area contributed by atoms with Crippen molar-refractivity contribution in [2.75, 3.05) is 11.1 Å². The maximum Gasteiger partial charge on any atom is 0.225 e. The van der Waals surface area contributed by atoms with Crippen LogP contribution in [0.2, 0.25) is 0 Å². The van der Waals surface area contributed by atoms with Crippen LogP contribution in [0.25, 0.3) is 22.3 Å². The lowest BCUT2D eigenvalue weighted by atomic mass is 10.00. The second kappa shape index (κ2) is 6.59. The molecule has 3 aromatic rings. The monoisotopic (exact) mass is 350 g/mol. The van der Waals surface area contributed by atoms with Crippen LogP contribution >= 0.6 is 0 Å². The molecule has 1 fully saturated rings. The van der Waals surface area contributed by atoms with Gasteiger partial charge in [0.25, 0.3) is 0 Å². The van der Waals surface area contributed by atoms with Gasteiger partial charge < -0.3 is 11.1 Å². The van der Waals surface area contributed by atoms with Crippen molar-refractivity contribution in [3.8, 4) is 11.3 Å². The van der Waals surface area contributed by atoms with E-state index in [1.54, 1.807) is 4.68 Å². The molecule has 1 saturated carbocycles. The van der Waals surface area contributed by atoms with Crippen LogP contribution < -0.4 is 11.1 Å². The lowest BCUT2D eigenvalue weighted by molar-refractivity contribution is 0.744. The Morgan fingerprint density at radius 1 is 1.12 bits per heavy atom. The van der Waals surface area contributed by atoms with Crippen LogP contribution in [0.5, 0.6) is 0 Å². The van der Waals surface area contributed by atoms with Gasteiger partial charge in [0.2, 0.25) is 5.95 Å². The largest absolute Gasteiger partial charge is 0.383 e. The van der Waals surface area contributed by atoms with Gasteiger partial charge in [-0.3, -0.25) is 4.68 Å². The third-order valence-electron chi connectivity index (χ3n) is 5.28. The van der Waals surface area contributed by atoms with Gasteiger partial charge in [-0.05, 0) is 24.3 Å². The van der Waals surface area contributed by atoms with Gasteiger partial charge >= 0.3 is 0 Å². The predicted octanol–water partition coefficient (Wildman–Crippen LogP) is 4.09. The molecule has 0 amide bonds. The standard InChI is InChI=1S/C20H26N6/c1-12(2)13-8-10-14(11-9-13)17-16-18(21)26(3)25-19(16)24-20(23-17)22-15-6-4-5-7-15/h8-12,15H,4-7,21H2,1-3H3,(H,22,24,25). The van der Waals surface area contributed by atoms with Crippen molar-refractivity contribution >= 4 is 22.8 Å². The van der Waals surface area contributed by atoms with E-state index in [0.717, 1.165) is 16.6 Å². The Balaban J connectivity index is 1.82. The Hall–Kier alpha value is -2.63. The van der Waals surface area contributed by atoms with Crippen molar-refractivity contribution in [2.24, 2.45) is 7.05 Å². The summed E-state index contributed by atoms with van der Waals surface area (Å²) in [6, 6.07) is 8.99. The molecule has 0 unspecified atom stereocenters. The molecule has 1 aromatic carbocycles. The number of rotatable bonds is 4.